The van der Waals surface area contributed by atoms with E-state index >= 15 is 0 Å². The first kappa shape index (κ1) is 18.9. The first-order valence-electron chi connectivity index (χ1n) is 9.06. The van der Waals surface area contributed by atoms with Gasteiger partial charge in [0.2, 0.25) is 5.91 Å². The van der Waals surface area contributed by atoms with Gasteiger partial charge in [0.1, 0.15) is 5.82 Å². The molecule has 8 nitrogen and oxygen atoms in total. The monoisotopic (exact) mass is 371 g/mol. The second-order valence-corrected chi connectivity index (χ2v) is 6.86. The number of methoxy groups -OCH3 is 1. The van der Waals surface area contributed by atoms with Crippen LogP contribution in [0.2, 0.25) is 0 Å². The van der Waals surface area contributed by atoms with E-state index in [1.54, 1.807) is 12.3 Å². The van der Waals surface area contributed by atoms with Crippen LogP contribution >= 0.6 is 0 Å². The van der Waals surface area contributed by atoms with Crippen molar-refractivity contribution >= 4 is 17.7 Å². The van der Waals surface area contributed by atoms with Crippen LogP contribution in [0.15, 0.2) is 24.4 Å². The fourth-order valence-corrected chi connectivity index (χ4v) is 3.44. The van der Waals surface area contributed by atoms with Crippen LogP contribution in [-0.2, 0) is 16.0 Å². The summed E-state index contributed by atoms with van der Waals surface area (Å²) < 4.78 is 4.65. The number of carbonyl (C=O) groups excluding carboxylic acids is 2. The lowest BCUT2D eigenvalue weighted by Crippen LogP contribution is -2.25. The first-order chi connectivity index (χ1) is 13.0. The molecular formula is C19H25N5O3. The number of hydrogen-bond acceptors (Lipinski definition) is 5. The highest BCUT2D eigenvalue weighted by atomic mass is 16.5. The summed E-state index contributed by atoms with van der Waals surface area (Å²) in [7, 11) is 1.31. The van der Waals surface area contributed by atoms with Crippen molar-refractivity contribution < 1.29 is 14.3 Å². The number of nitrogens with zero attached hydrogens (tertiary/aromatic N) is 1. The van der Waals surface area contributed by atoms with E-state index in [-0.39, 0.29) is 17.9 Å². The summed E-state index contributed by atoms with van der Waals surface area (Å²) in [6.07, 6.45) is 4.95. The number of carbonyl (C=O) groups is 2. The maximum atomic E-state index is 12.0. The molecule has 1 aliphatic heterocycles. The number of amides is 2. The van der Waals surface area contributed by atoms with E-state index in [1.807, 2.05) is 12.1 Å². The number of hydrogen-bond donors (Lipinski definition) is 4. The Balaban J connectivity index is 2.03. The SMILES string of the molecule is COC(=O)Nc1ccc2c(c1)CC(C(N)=O)CCCCC(N)c1ncc-2[nH]1. The standard InChI is InChI=1S/C19H25N5O3/c1-27-19(26)23-13-6-7-14-12(9-13)8-11(17(21)25)4-2-3-5-15(20)18-22-10-16(14)24-18/h6-7,9-11,15H,2-5,8,20H2,1H3,(H2,21,25)(H,22,24)(H,23,26). The molecule has 0 spiro atoms. The van der Waals surface area contributed by atoms with Gasteiger partial charge in [-0.05, 0) is 37.0 Å². The second-order valence-electron chi connectivity index (χ2n) is 6.86. The average molecular weight is 371 g/mol. The molecule has 27 heavy (non-hydrogen) atoms. The Morgan fingerprint density at radius 2 is 2.07 bits per heavy atom. The molecule has 0 saturated carbocycles. The fourth-order valence-electron chi connectivity index (χ4n) is 3.44. The van der Waals surface area contributed by atoms with Crippen LogP contribution in [0, 0.1) is 5.92 Å². The number of H-pyrrole nitrogens is 1. The van der Waals surface area contributed by atoms with Crippen molar-refractivity contribution in [3.8, 4) is 11.3 Å². The number of benzene rings is 1. The molecule has 1 aromatic carbocycles. The maximum Gasteiger partial charge on any atom is 0.411 e. The van der Waals surface area contributed by atoms with Gasteiger partial charge in [-0.25, -0.2) is 9.78 Å². The second kappa shape index (κ2) is 8.22. The lowest BCUT2D eigenvalue weighted by atomic mass is 9.89. The Kier molecular flexibility index (Phi) is 5.75. The van der Waals surface area contributed by atoms with Crippen molar-refractivity contribution in [3.63, 3.8) is 0 Å². The molecule has 2 amide bonds. The molecule has 0 aliphatic carbocycles. The molecule has 1 aromatic heterocycles. The largest absolute Gasteiger partial charge is 0.453 e. The summed E-state index contributed by atoms with van der Waals surface area (Å²) in [6, 6.07) is 5.33. The van der Waals surface area contributed by atoms with E-state index in [9.17, 15) is 9.59 Å². The fraction of sp³-hybridized carbons (Fsp3) is 0.421. The van der Waals surface area contributed by atoms with Crippen molar-refractivity contribution in [2.24, 2.45) is 17.4 Å². The van der Waals surface area contributed by atoms with Gasteiger partial charge in [0.05, 0.1) is 25.0 Å². The molecule has 0 radical (unpaired) electrons. The van der Waals surface area contributed by atoms with Gasteiger partial charge >= 0.3 is 6.09 Å². The van der Waals surface area contributed by atoms with Crippen LogP contribution in [0.5, 0.6) is 0 Å². The number of nitrogens with two attached hydrogens (primary N) is 2. The number of aromatic amines is 1. The smallest absolute Gasteiger partial charge is 0.411 e. The summed E-state index contributed by atoms with van der Waals surface area (Å²) in [6.45, 7) is 0. The van der Waals surface area contributed by atoms with Crippen LogP contribution in [0.25, 0.3) is 11.3 Å². The molecule has 8 heteroatoms. The van der Waals surface area contributed by atoms with E-state index in [4.69, 9.17) is 11.5 Å². The highest BCUT2D eigenvalue weighted by molar-refractivity contribution is 5.85. The number of imidazole rings is 1. The number of ether oxygens (including phenoxy) is 1. The Hall–Kier alpha value is -2.87. The molecule has 0 fully saturated rings. The van der Waals surface area contributed by atoms with Crippen LogP contribution in [-0.4, -0.2) is 29.1 Å². The summed E-state index contributed by atoms with van der Waals surface area (Å²) in [5.74, 6) is 0.147. The number of primary amides is 1. The first-order valence-corrected chi connectivity index (χ1v) is 9.06. The average Bonchev–Trinajstić information content (AvgIpc) is 3.13. The number of fused-ring (bicyclic) bond motifs is 4. The van der Waals surface area contributed by atoms with Crippen LogP contribution < -0.4 is 16.8 Å². The zero-order chi connectivity index (χ0) is 19.4. The van der Waals surface area contributed by atoms with Crippen molar-refractivity contribution in [1.82, 2.24) is 9.97 Å². The van der Waals surface area contributed by atoms with Gasteiger partial charge in [0, 0.05) is 17.2 Å². The lowest BCUT2D eigenvalue weighted by molar-refractivity contribution is -0.122. The highest BCUT2D eigenvalue weighted by Crippen LogP contribution is 2.31. The highest BCUT2D eigenvalue weighted by Gasteiger charge is 2.21. The summed E-state index contributed by atoms with van der Waals surface area (Å²) in [5, 5.41) is 2.66. The van der Waals surface area contributed by atoms with Gasteiger partial charge in [0.15, 0.2) is 0 Å². The van der Waals surface area contributed by atoms with Gasteiger partial charge in [-0.3, -0.25) is 10.1 Å². The Morgan fingerprint density at radius 1 is 1.30 bits per heavy atom. The third kappa shape index (κ3) is 4.46. The summed E-state index contributed by atoms with van der Waals surface area (Å²) >= 11 is 0. The molecular weight excluding hydrogens is 346 g/mol. The van der Waals surface area contributed by atoms with E-state index in [0.717, 1.165) is 41.9 Å². The third-order valence-electron chi connectivity index (χ3n) is 4.96. The molecule has 2 unspecified atom stereocenters. The predicted octanol–water partition coefficient (Wildman–Crippen LogP) is 2.47. The Morgan fingerprint density at radius 3 is 2.81 bits per heavy atom. The molecule has 0 saturated heterocycles. The number of nitrogens with one attached hydrogen (secondary N) is 2. The third-order valence-corrected chi connectivity index (χ3v) is 4.96. The molecule has 144 valence electrons. The zero-order valence-corrected chi connectivity index (χ0v) is 15.3. The molecule has 2 aromatic rings. The molecule has 2 heterocycles. The van der Waals surface area contributed by atoms with Gasteiger partial charge in [-0.1, -0.05) is 18.9 Å². The summed E-state index contributed by atoms with van der Waals surface area (Å²) in [4.78, 5) is 31.2. The van der Waals surface area contributed by atoms with E-state index < -0.39 is 6.09 Å². The van der Waals surface area contributed by atoms with Crippen LogP contribution in [0.3, 0.4) is 0 Å². The molecule has 6 N–H and O–H groups in total. The Labute approximate surface area is 157 Å². The number of aromatic nitrogens is 2. The van der Waals surface area contributed by atoms with E-state index in [0.29, 0.717) is 18.5 Å². The van der Waals surface area contributed by atoms with E-state index in [2.05, 4.69) is 20.0 Å². The minimum Gasteiger partial charge on any atom is -0.453 e. The topological polar surface area (TPSA) is 136 Å². The zero-order valence-electron chi connectivity index (χ0n) is 15.3. The van der Waals surface area contributed by atoms with Crippen molar-refractivity contribution in [3.05, 3.63) is 35.8 Å². The normalized spacial score (nSPS) is 19.9. The lowest BCUT2D eigenvalue weighted by Gasteiger charge is -2.18. The molecule has 3 rings (SSSR count). The molecule has 1 aliphatic rings. The van der Waals surface area contributed by atoms with Gasteiger partial charge in [-0.15, -0.1) is 0 Å². The number of anilines is 1. The quantitative estimate of drug-likeness (QED) is 0.643. The molecule has 2 bridgehead atoms. The van der Waals surface area contributed by atoms with Gasteiger partial charge < -0.3 is 21.2 Å². The van der Waals surface area contributed by atoms with Crippen LogP contribution in [0.1, 0.15) is 43.1 Å². The van der Waals surface area contributed by atoms with Crippen molar-refractivity contribution in [1.29, 1.82) is 0 Å². The van der Waals surface area contributed by atoms with Crippen LogP contribution in [0.4, 0.5) is 10.5 Å². The van der Waals surface area contributed by atoms with Crippen molar-refractivity contribution in [2.45, 2.75) is 38.1 Å². The summed E-state index contributed by atoms with van der Waals surface area (Å²) in [5.41, 5.74) is 15.1. The molecule has 2 atom stereocenters. The number of rotatable bonds is 2. The van der Waals surface area contributed by atoms with Gasteiger partial charge in [-0.2, -0.15) is 0 Å². The minimum absolute atomic E-state index is 0.172. The van der Waals surface area contributed by atoms with E-state index in [1.165, 1.54) is 7.11 Å². The minimum atomic E-state index is -0.552. The predicted molar refractivity (Wildman–Crippen MR) is 102 cm³/mol. The van der Waals surface area contributed by atoms with Gasteiger partial charge in [0.25, 0.3) is 0 Å². The van der Waals surface area contributed by atoms with Crippen molar-refractivity contribution in [2.75, 3.05) is 12.4 Å². The Bertz CT molecular complexity index is 833. The maximum absolute atomic E-state index is 12.0.